The molecule has 3 heterocycles. The molecule has 0 bridgehead atoms. The van der Waals surface area contributed by atoms with E-state index in [4.69, 9.17) is 5.73 Å². The number of hydrogen-bond donors (Lipinski definition) is 3. The smallest absolute Gasteiger partial charge is 0.263 e. The molecule has 0 saturated carbocycles. The van der Waals surface area contributed by atoms with Crippen LogP contribution in [0.2, 0.25) is 0 Å². The summed E-state index contributed by atoms with van der Waals surface area (Å²) >= 11 is 1.35. The van der Waals surface area contributed by atoms with Gasteiger partial charge in [0.05, 0.1) is 12.2 Å². The van der Waals surface area contributed by atoms with Gasteiger partial charge < -0.3 is 21.3 Å². The highest BCUT2D eigenvalue weighted by molar-refractivity contribution is 7.21. The van der Waals surface area contributed by atoms with Gasteiger partial charge in [0.1, 0.15) is 9.71 Å². The molecule has 3 aromatic rings. The number of nitrogens with zero attached hydrogens (tertiary/aromatic N) is 2. The Morgan fingerprint density at radius 1 is 1.38 bits per heavy atom. The highest BCUT2D eigenvalue weighted by atomic mass is 32.1. The predicted octanol–water partition coefficient (Wildman–Crippen LogP) is 4.03. The number of aryl methyl sites for hydroxylation is 2. The highest BCUT2D eigenvalue weighted by Crippen LogP contribution is 2.32. The standard InChI is InChI=1S/C25H31N5OS/c1-5-19-12-18(7-9-21(19)30-13-16(3)28-17(4)14-30)10-11-27-24(31)23-22(26)20-8-6-15(2)29-25(20)32-23/h6-9,12,17,28H,3,5,10-11,13-14,26H2,1-2,4H3,(H,27,31). The van der Waals surface area contributed by atoms with Gasteiger partial charge in [0, 0.05) is 41.6 Å². The van der Waals surface area contributed by atoms with Crippen molar-refractivity contribution in [2.75, 3.05) is 30.3 Å². The molecule has 7 heteroatoms. The number of carbonyl (C=O) groups is 1. The monoisotopic (exact) mass is 449 g/mol. The maximum atomic E-state index is 12.7. The molecular weight excluding hydrogens is 418 g/mol. The van der Waals surface area contributed by atoms with E-state index in [0.717, 1.165) is 47.5 Å². The predicted molar refractivity (Wildman–Crippen MR) is 135 cm³/mol. The van der Waals surface area contributed by atoms with Crippen LogP contribution in [0.15, 0.2) is 42.6 Å². The van der Waals surface area contributed by atoms with Crippen molar-refractivity contribution in [1.29, 1.82) is 0 Å². The number of hydrogen-bond acceptors (Lipinski definition) is 6. The summed E-state index contributed by atoms with van der Waals surface area (Å²) in [4.78, 5) is 21.0. The fraction of sp³-hybridized carbons (Fsp3) is 0.360. The number of nitrogens with two attached hydrogens (primary N) is 1. The third-order valence-electron chi connectivity index (χ3n) is 5.83. The minimum atomic E-state index is -0.135. The van der Waals surface area contributed by atoms with Crippen LogP contribution >= 0.6 is 11.3 Å². The van der Waals surface area contributed by atoms with Crippen molar-refractivity contribution in [3.8, 4) is 0 Å². The Labute approximate surface area is 193 Å². The van der Waals surface area contributed by atoms with Crippen molar-refractivity contribution in [3.63, 3.8) is 0 Å². The molecule has 1 aliphatic rings. The summed E-state index contributed by atoms with van der Waals surface area (Å²) in [6.45, 7) is 12.8. The van der Waals surface area contributed by atoms with Crippen LogP contribution in [-0.4, -0.2) is 36.6 Å². The van der Waals surface area contributed by atoms with Crippen LogP contribution in [0.3, 0.4) is 0 Å². The molecule has 1 fully saturated rings. The van der Waals surface area contributed by atoms with Gasteiger partial charge in [-0.15, -0.1) is 11.3 Å². The summed E-state index contributed by atoms with van der Waals surface area (Å²) in [5.41, 5.74) is 12.5. The minimum Gasteiger partial charge on any atom is -0.397 e. The number of benzene rings is 1. The number of fused-ring (bicyclic) bond motifs is 1. The maximum absolute atomic E-state index is 12.7. The van der Waals surface area contributed by atoms with Gasteiger partial charge in [0.15, 0.2) is 0 Å². The largest absolute Gasteiger partial charge is 0.397 e. The lowest BCUT2D eigenvalue weighted by Crippen LogP contribution is -2.47. The van der Waals surface area contributed by atoms with Gasteiger partial charge in [-0.05, 0) is 56.0 Å². The number of rotatable bonds is 6. The first-order valence-electron chi connectivity index (χ1n) is 11.1. The molecule has 2 aromatic heterocycles. The van der Waals surface area contributed by atoms with Crippen LogP contribution in [0.4, 0.5) is 11.4 Å². The molecule has 1 atom stereocenters. The Bertz CT molecular complexity index is 1170. The zero-order valence-corrected chi connectivity index (χ0v) is 19.8. The zero-order valence-electron chi connectivity index (χ0n) is 19.0. The molecule has 4 N–H and O–H groups in total. The van der Waals surface area contributed by atoms with E-state index in [1.165, 1.54) is 28.2 Å². The number of carbonyl (C=O) groups excluding carboxylic acids is 1. The number of nitrogen functional groups attached to an aromatic ring is 1. The van der Waals surface area contributed by atoms with E-state index in [2.05, 4.69) is 59.1 Å². The van der Waals surface area contributed by atoms with Crippen molar-refractivity contribution >= 4 is 38.8 Å². The first-order chi connectivity index (χ1) is 15.4. The first-order valence-corrected chi connectivity index (χ1v) is 11.9. The van der Waals surface area contributed by atoms with Crippen LogP contribution in [0.1, 0.15) is 40.3 Å². The van der Waals surface area contributed by atoms with Gasteiger partial charge in [0.25, 0.3) is 5.91 Å². The number of aromatic nitrogens is 1. The normalized spacial score (nSPS) is 16.3. The Kier molecular flexibility index (Phi) is 6.37. The van der Waals surface area contributed by atoms with E-state index in [1.807, 2.05) is 19.1 Å². The number of pyridine rings is 1. The second kappa shape index (κ2) is 9.20. The fourth-order valence-electron chi connectivity index (χ4n) is 4.29. The first kappa shape index (κ1) is 22.1. The van der Waals surface area contributed by atoms with E-state index in [9.17, 15) is 4.79 Å². The van der Waals surface area contributed by atoms with E-state index in [0.29, 0.717) is 23.2 Å². The number of thiophene rings is 1. The molecule has 1 unspecified atom stereocenters. The molecule has 0 aliphatic carbocycles. The van der Waals surface area contributed by atoms with Gasteiger partial charge >= 0.3 is 0 Å². The molecule has 1 saturated heterocycles. The molecular formula is C25H31N5OS. The Morgan fingerprint density at radius 3 is 2.94 bits per heavy atom. The summed E-state index contributed by atoms with van der Waals surface area (Å²) in [7, 11) is 0. The number of amides is 1. The van der Waals surface area contributed by atoms with Crippen molar-refractivity contribution in [1.82, 2.24) is 15.6 Å². The minimum absolute atomic E-state index is 0.135. The number of anilines is 2. The maximum Gasteiger partial charge on any atom is 0.263 e. The molecule has 4 rings (SSSR count). The third kappa shape index (κ3) is 4.58. The summed E-state index contributed by atoms with van der Waals surface area (Å²) < 4.78 is 0. The van der Waals surface area contributed by atoms with Crippen LogP contribution in [-0.2, 0) is 12.8 Å². The second-order valence-electron chi connectivity index (χ2n) is 8.50. The van der Waals surface area contributed by atoms with E-state index >= 15 is 0 Å². The molecule has 32 heavy (non-hydrogen) atoms. The fourth-order valence-corrected chi connectivity index (χ4v) is 5.35. The summed E-state index contributed by atoms with van der Waals surface area (Å²) in [5, 5.41) is 7.28. The molecule has 0 spiro atoms. The highest BCUT2D eigenvalue weighted by Gasteiger charge is 2.20. The van der Waals surface area contributed by atoms with Gasteiger partial charge in [-0.1, -0.05) is 25.6 Å². The molecule has 0 radical (unpaired) electrons. The second-order valence-corrected chi connectivity index (χ2v) is 9.50. The summed E-state index contributed by atoms with van der Waals surface area (Å²) in [6.07, 6.45) is 1.73. The molecule has 1 aliphatic heterocycles. The molecule has 168 valence electrons. The lowest BCUT2D eigenvalue weighted by Gasteiger charge is -2.36. The average Bonchev–Trinajstić information content (AvgIpc) is 3.08. The average molecular weight is 450 g/mol. The van der Waals surface area contributed by atoms with Crippen molar-refractivity contribution < 1.29 is 4.79 Å². The lowest BCUT2D eigenvalue weighted by molar-refractivity contribution is 0.0959. The van der Waals surface area contributed by atoms with Crippen LogP contribution in [0.5, 0.6) is 0 Å². The van der Waals surface area contributed by atoms with Gasteiger partial charge in [-0.2, -0.15) is 0 Å². The van der Waals surface area contributed by atoms with E-state index < -0.39 is 0 Å². The summed E-state index contributed by atoms with van der Waals surface area (Å²) in [6, 6.07) is 10.9. The van der Waals surface area contributed by atoms with Gasteiger partial charge in [-0.25, -0.2) is 4.98 Å². The van der Waals surface area contributed by atoms with E-state index in [-0.39, 0.29) is 5.91 Å². The Hall–Kier alpha value is -3.06. The zero-order chi connectivity index (χ0) is 22.8. The number of nitrogens with one attached hydrogen (secondary N) is 2. The molecule has 6 nitrogen and oxygen atoms in total. The summed E-state index contributed by atoms with van der Waals surface area (Å²) in [5.74, 6) is -0.135. The van der Waals surface area contributed by atoms with Gasteiger partial charge in [0.2, 0.25) is 0 Å². The Morgan fingerprint density at radius 2 is 2.19 bits per heavy atom. The molecule has 1 aromatic carbocycles. The van der Waals surface area contributed by atoms with E-state index in [1.54, 1.807) is 0 Å². The van der Waals surface area contributed by atoms with Crippen LogP contribution in [0, 0.1) is 6.92 Å². The Balaban J connectivity index is 1.41. The SMILES string of the molecule is C=C1CN(c2ccc(CCNC(=O)c3sc4nc(C)ccc4c3N)cc2CC)CC(C)N1. The number of piperazine rings is 1. The van der Waals surface area contributed by atoms with Gasteiger partial charge in [-0.3, -0.25) is 4.79 Å². The third-order valence-corrected chi connectivity index (χ3v) is 6.94. The van der Waals surface area contributed by atoms with Crippen molar-refractivity contribution in [3.05, 3.63) is 64.3 Å². The molecule has 1 amide bonds. The topological polar surface area (TPSA) is 83.3 Å². The lowest BCUT2D eigenvalue weighted by atomic mass is 10.0. The quantitative estimate of drug-likeness (QED) is 0.529. The van der Waals surface area contributed by atoms with Crippen molar-refractivity contribution in [2.45, 2.75) is 39.7 Å². The van der Waals surface area contributed by atoms with Crippen LogP contribution < -0.4 is 21.3 Å². The van der Waals surface area contributed by atoms with Crippen molar-refractivity contribution in [2.24, 2.45) is 0 Å². The van der Waals surface area contributed by atoms with Crippen LogP contribution in [0.25, 0.3) is 10.2 Å².